The van der Waals surface area contributed by atoms with Gasteiger partial charge < -0.3 is 10.9 Å². The average Bonchev–Trinajstić information content (AvgIpc) is 2.38. The van der Waals surface area contributed by atoms with Crippen molar-refractivity contribution in [2.45, 2.75) is 20.0 Å². The highest BCUT2D eigenvalue weighted by Gasteiger charge is 1.96. The molecule has 1 heterocycles. The molecule has 0 radical (unpaired) electrons. The van der Waals surface area contributed by atoms with Crippen LogP contribution in [0.3, 0.4) is 0 Å². The first kappa shape index (κ1) is 13.2. The molecule has 0 aliphatic carbocycles. The van der Waals surface area contributed by atoms with Gasteiger partial charge in [-0.25, -0.2) is 0 Å². The fourth-order valence-corrected chi connectivity index (χ4v) is 1.46. The molecule has 17 heavy (non-hydrogen) atoms. The summed E-state index contributed by atoms with van der Waals surface area (Å²) >= 11 is 0. The van der Waals surface area contributed by atoms with Crippen molar-refractivity contribution in [3.8, 4) is 5.75 Å². The zero-order chi connectivity index (χ0) is 11.2. The maximum absolute atomic E-state index is 5.63. The topological polar surface area (TPSA) is 57.1 Å². The molecular formula is C14H18N2O. The van der Waals surface area contributed by atoms with Gasteiger partial charge in [-0.3, -0.25) is 4.98 Å². The van der Waals surface area contributed by atoms with E-state index in [2.05, 4.69) is 24.0 Å². The van der Waals surface area contributed by atoms with E-state index in [1.165, 1.54) is 5.56 Å². The van der Waals surface area contributed by atoms with E-state index in [4.69, 9.17) is 4.74 Å². The summed E-state index contributed by atoms with van der Waals surface area (Å²) in [5.41, 5.74) is 2.27. The molecule has 1 aromatic carbocycles. The second kappa shape index (κ2) is 6.66. The van der Waals surface area contributed by atoms with Crippen molar-refractivity contribution in [1.82, 2.24) is 11.1 Å². The summed E-state index contributed by atoms with van der Waals surface area (Å²) in [5, 5.41) is 0. The van der Waals surface area contributed by atoms with E-state index in [-0.39, 0.29) is 6.15 Å². The molecule has 0 atom stereocenters. The van der Waals surface area contributed by atoms with Gasteiger partial charge in [-0.05, 0) is 36.2 Å². The Bertz CT molecular complexity index is 426. The van der Waals surface area contributed by atoms with E-state index in [0.29, 0.717) is 6.61 Å². The third-order valence-electron chi connectivity index (χ3n) is 2.44. The van der Waals surface area contributed by atoms with Crippen molar-refractivity contribution >= 4 is 0 Å². The second-order valence-corrected chi connectivity index (χ2v) is 3.61. The smallest absolute Gasteiger partial charge is 0.130 e. The zero-order valence-electron chi connectivity index (χ0n) is 10.1. The van der Waals surface area contributed by atoms with Gasteiger partial charge in [0.05, 0.1) is 5.69 Å². The maximum atomic E-state index is 5.63. The number of hydrogen-bond acceptors (Lipinski definition) is 3. The summed E-state index contributed by atoms with van der Waals surface area (Å²) in [4.78, 5) is 4.20. The number of rotatable bonds is 4. The minimum absolute atomic E-state index is 0. The number of pyridine rings is 1. The Balaban J connectivity index is 0.00000144. The lowest BCUT2D eigenvalue weighted by Crippen LogP contribution is -1.97. The van der Waals surface area contributed by atoms with Crippen molar-refractivity contribution in [2.75, 3.05) is 0 Å². The van der Waals surface area contributed by atoms with Gasteiger partial charge >= 0.3 is 0 Å². The Morgan fingerprint density at radius 1 is 1.06 bits per heavy atom. The lowest BCUT2D eigenvalue weighted by Gasteiger charge is -2.05. The second-order valence-electron chi connectivity index (χ2n) is 3.61. The van der Waals surface area contributed by atoms with Gasteiger partial charge in [0.2, 0.25) is 0 Å². The Morgan fingerprint density at radius 3 is 2.41 bits per heavy atom. The van der Waals surface area contributed by atoms with Crippen LogP contribution in [0.25, 0.3) is 0 Å². The highest BCUT2D eigenvalue weighted by atomic mass is 16.5. The van der Waals surface area contributed by atoms with Gasteiger partial charge in [0.25, 0.3) is 0 Å². The minimum Gasteiger partial charge on any atom is -0.487 e. The Morgan fingerprint density at radius 2 is 1.82 bits per heavy atom. The van der Waals surface area contributed by atoms with E-state index in [1.54, 1.807) is 6.20 Å². The molecule has 0 spiro atoms. The van der Waals surface area contributed by atoms with Gasteiger partial charge in [-0.1, -0.05) is 25.1 Å². The van der Waals surface area contributed by atoms with Gasteiger partial charge in [0.1, 0.15) is 12.4 Å². The van der Waals surface area contributed by atoms with Crippen molar-refractivity contribution < 1.29 is 4.74 Å². The van der Waals surface area contributed by atoms with Crippen LogP contribution in [0.1, 0.15) is 18.2 Å². The van der Waals surface area contributed by atoms with Crippen LogP contribution in [-0.2, 0) is 13.0 Å². The molecule has 90 valence electrons. The summed E-state index contributed by atoms with van der Waals surface area (Å²) in [6.45, 7) is 2.66. The van der Waals surface area contributed by atoms with Gasteiger partial charge in [0.15, 0.2) is 0 Å². The van der Waals surface area contributed by atoms with Crippen LogP contribution in [-0.4, -0.2) is 4.98 Å². The molecule has 0 saturated carbocycles. The van der Waals surface area contributed by atoms with Gasteiger partial charge in [-0.15, -0.1) is 0 Å². The quantitative estimate of drug-likeness (QED) is 0.875. The predicted molar refractivity (Wildman–Crippen MR) is 69.4 cm³/mol. The van der Waals surface area contributed by atoms with Crippen LogP contribution in [0.4, 0.5) is 0 Å². The van der Waals surface area contributed by atoms with Crippen LogP contribution in [0, 0.1) is 0 Å². The third kappa shape index (κ3) is 3.89. The normalized spacial score (nSPS) is 9.47. The van der Waals surface area contributed by atoms with Crippen molar-refractivity contribution in [2.24, 2.45) is 0 Å². The van der Waals surface area contributed by atoms with E-state index < -0.39 is 0 Å². The Labute approximate surface area is 102 Å². The highest BCUT2D eigenvalue weighted by molar-refractivity contribution is 5.27. The lowest BCUT2D eigenvalue weighted by atomic mass is 10.2. The van der Waals surface area contributed by atoms with E-state index in [9.17, 15) is 0 Å². The molecule has 0 bridgehead atoms. The number of aromatic nitrogens is 1. The summed E-state index contributed by atoms with van der Waals surface area (Å²) in [6.07, 6.45) is 2.83. The first-order valence-electron chi connectivity index (χ1n) is 5.50. The van der Waals surface area contributed by atoms with Crippen LogP contribution in [0.5, 0.6) is 5.75 Å². The van der Waals surface area contributed by atoms with Crippen LogP contribution in [0.2, 0.25) is 0 Å². The Kier molecular flexibility index (Phi) is 5.17. The molecule has 0 unspecified atom stereocenters. The largest absolute Gasteiger partial charge is 0.487 e. The number of ether oxygens (including phenoxy) is 1. The highest BCUT2D eigenvalue weighted by Crippen LogP contribution is 2.13. The van der Waals surface area contributed by atoms with E-state index >= 15 is 0 Å². The molecule has 3 N–H and O–H groups in total. The fraction of sp³-hybridized carbons (Fsp3) is 0.214. The van der Waals surface area contributed by atoms with Crippen LogP contribution >= 0.6 is 0 Å². The van der Waals surface area contributed by atoms with Crippen LogP contribution in [0.15, 0.2) is 48.7 Å². The minimum atomic E-state index is 0. The first-order valence-corrected chi connectivity index (χ1v) is 5.50. The number of benzene rings is 1. The SMILES string of the molecule is CCc1ccc(OCc2ccccn2)cc1.N. The summed E-state index contributed by atoms with van der Waals surface area (Å²) in [5.74, 6) is 0.892. The number of nitrogens with zero attached hydrogens (tertiary/aromatic N) is 1. The number of aryl methyl sites for hydroxylation is 1. The lowest BCUT2D eigenvalue weighted by molar-refractivity contribution is 0.301. The predicted octanol–water partition coefficient (Wildman–Crippen LogP) is 3.39. The standard InChI is InChI=1S/C14H15NO.H3N/c1-2-12-6-8-14(9-7-12)16-11-13-5-3-4-10-15-13;/h3-10H,2,11H2,1H3;1H3. The van der Waals surface area contributed by atoms with Crippen molar-refractivity contribution in [3.63, 3.8) is 0 Å². The molecule has 0 fully saturated rings. The molecule has 0 saturated heterocycles. The average molecular weight is 230 g/mol. The summed E-state index contributed by atoms with van der Waals surface area (Å²) in [6, 6.07) is 14.0. The Hall–Kier alpha value is -1.87. The van der Waals surface area contributed by atoms with Crippen LogP contribution < -0.4 is 10.9 Å². The molecule has 0 aliphatic rings. The molecular weight excluding hydrogens is 212 g/mol. The molecule has 0 aliphatic heterocycles. The molecule has 0 amide bonds. The number of hydrogen-bond donors (Lipinski definition) is 1. The third-order valence-corrected chi connectivity index (χ3v) is 2.44. The molecule has 2 rings (SSSR count). The fourth-order valence-electron chi connectivity index (χ4n) is 1.46. The maximum Gasteiger partial charge on any atom is 0.130 e. The monoisotopic (exact) mass is 230 g/mol. The molecule has 3 heteroatoms. The summed E-state index contributed by atoms with van der Waals surface area (Å²) in [7, 11) is 0. The van der Waals surface area contributed by atoms with Gasteiger partial charge in [0, 0.05) is 6.20 Å². The van der Waals surface area contributed by atoms with Crippen molar-refractivity contribution in [1.29, 1.82) is 0 Å². The van der Waals surface area contributed by atoms with E-state index in [0.717, 1.165) is 17.9 Å². The molecule has 1 aromatic heterocycles. The summed E-state index contributed by atoms with van der Waals surface area (Å²) < 4.78 is 5.63. The van der Waals surface area contributed by atoms with Crippen molar-refractivity contribution in [3.05, 3.63) is 59.9 Å². The zero-order valence-corrected chi connectivity index (χ0v) is 10.1. The van der Waals surface area contributed by atoms with Gasteiger partial charge in [-0.2, -0.15) is 0 Å². The molecule has 2 aromatic rings. The first-order chi connectivity index (χ1) is 7.88. The van der Waals surface area contributed by atoms with E-state index in [1.807, 2.05) is 30.3 Å². The molecule has 3 nitrogen and oxygen atoms in total.